The molecule has 142 valence electrons. The van der Waals surface area contributed by atoms with Gasteiger partial charge in [0.2, 0.25) is 12.2 Å². The van der Waals surface area contributed by atoms with E-state index in [-0.39, 0.29) is 17.7 Å². The van der Waals surface area contributed by atoms with E-state index in [0.717, 1.165) is 13.3 Å². The van der Waals surface area contributed by atoms with Gasteiger partial charge in [-0.15, -0.1) is 0 Å². The third kappa shape index (κ3) is 5.30. The van der Waals surface area contributed by atoms with Crippen molar-refractivity contribution in [3.8, 4) is 0 Å². The maximum Gasteiger partial charge on any atom is 0.231 e. The molecule has 0 saturated carbocycles. The van der Waals surface area contributed by atoms with Crippen LogP contribution in [0.5, 0.6) is 0 Å². The van der Waals surface area contributed by atoms with Gasteiger partial charge >= 0.3 is 0 Å². The number of furan rings is 1. The Morgan fingerprint density at radius 1 is 1.19 bits per heavy atom. The van der Waals surface area contributed by atoms with E-state index >= 15 is 0 Å². The van der Waals surface area contributed by atoms with Crippen molar-refractivity contribution in [2.75, 3.05) is 14.1 Å². The molecule has 8 heteroatoms. The van der Waals surface area contributed by atoms with E-state index in [1.54, 1.807) is 14.1 Å². The van der Waals surface area contributed by atoms with Crippen LogP contribution in [0.25, 0.3) is 0 Å². The summed E-state index contributed by atoms with van der Waals surface area (Å²) < 4.78 is 46.3. The monoisotopic (exact) mass is 371 g/mol. The summed E-state index contributed by atoms with van der Waals surface area (Å²) >= 11 is 0. The normalized spacial score (nSPS) is 9.35. The molecule has 0 fully saturated rings. The van der Waals surface area contributed by atoms with Crippen molar-refractivity contribution in [2.24, 2.45) is 0 Å². The summed E-state index contributed by atoms with van der Waals surface area (Å²) in [5.74, 6) is -4.38. The summed E-state index contributed by atoms with van der Waals surface area (Å²) in [6, 6.07) is 2.80. The number of hydrogen-bond acceptors (Lipinski definition) is 4. The molecule has 0 radical (unpaired) electrons. The second-order valence-electron chi connectivity index (χ2n) is 5.15. The largest absolute Gasteiger partial charge is 0.461 e. The summed E-state index contributed by atoms with van der Waals surface area (Å²) in [5, 5.41) is 0. The van der Waals surface area contributed by atoms with Crippen LogP contribution in [0.4, 0.5) is 13.2 Å². The third-order valence-corrected chi connectivity index (χ3v) is 3.18. The van der Waals surface area contributed by atoms with Gasteiger partial charge in [0, 0.05) is 25.2 Å². The average molecular weight is 371 g/mol. The van der Waals surface area contributed by atoms with Crippen LogP contribution >= 0.6 is 0 Å². The number of halogens is 3. The average Bonchev–Trinajstić information content (AvgIpc) is 3.17. The van der Waals surface area contributed by atoms with Gasteiger partial charge in [-0.1, -0.05) is 6.92 Å². The molecule has 1 amide bonds. The highest BCUT2D eigenvalue weighted by Crippen LogP contribution is 2.27. The smallest absolute Gasteiger partial charge is 0.231 e. The molecule has 0 bridgehead atoms. The number of carbonyl (C=O) groups is 3. The van der Waals surface area contributed by atoms with Crippen LogP contribution < -0.4 is 0 Å². The first kappa shape index (κ1) is 23.1. The fraction of sp³-hybridized carbons (Fsp3) is 0.278. The predicted octanol–water partition coefficient (Wildman–Crippen LogP) is 3.32. The highest BCUT2D eigenvalue weighted by molar-refractivity contribution is 6.08. The van der Waals surface area contributed by atoms with Crippen LogP contribution in [0, 0.1) is 24.4 Å². The number of benzene rings is 1. The van der Waals surface area contributed by atoms with Crippen molar-refractivity contribution in [3.05, 3.63) is 58.3 Å². The van der Waals surface area contributed by atoms with Crippen LogP contribution in [-0.4, -0.2) is 38.0 Å². The van der Waals surface area contributed by atoms with Crippen LogP contribution in [0.1, 0.15) is 34.2 Å². The molecule has 2 aromatic rings. The molecule has 0 saturated heterocycles. The lowest BCUT2D eigenvalue weighted by Crippen LogP contribution is -2.13. The van der Waals surface area contributed by atoms with Gasteiger partial charge in [-0.25, -0.2) is 13.2 Å². The first-order chi connectivity index (χ1) is 12.3. The van der Waals surface area contributed by atoms with Crippen LogP contribution in [-0.2, 0) is 16.0 Å². The van der Waals surface area contributed by atoms with Gasteiger partial charge in [-0.05, 0) is 25.5 Å². The van der Waals surface area contributed by atoms with E-state index < -0.39 is 34.4 Å². The molecule has 0 aliphatic heterocycles. The van der Waals surface area contributed by atoms with Gasteiger partial charge in [-0.3, -0.25) is 9.59 Å². The lowest BCUT2D eigenvalue weighted by atomic mass is 9.97. The fourth-order valence-electron chi connectivity index (χ4n) is 1.93. The number of hydrogen-bond donors (Lipinski definition) is 0. The molecule has 0 atom stereocenters. The highest BCUT2D eigenvalue weighted by atomic mass is 19.2. The molecule has 2 rings (SSSR count). The topological polar surface area (TPSA) is 67.6 Å². The molecule has 1 aromatic carbocycles. The number of carbonyl (C=O) groups excluding carboxylic acids is 3. The Balaban J connectivity index is 0.000000772. The summed E-state index contributed by atoms with van der Waals surface area (Å²) in [4.78, 5) is 30.9. The van der Waals surface area contributed by atoms with Crippen molar-refractivity contribution >= 4 is 19.0 Å². The molecule has 0 N–H and O–H groups in total. The second-order valence-corrected chi connectivity index (χ2v) is 5.15. The zero-order valence-electron chi connectivity index (χ0n) is 14.9. The Hall–Kier alpha value is -2.90. The maximum absolute atomic E-state index is 14.1. The van der Waals surface area contributed by atoms with Crippen molar-refractivity contribution in [1.29, 1.82) is 0 Å². The molecule has 26 heavy (non-hydrogen) atoms. The van der Waals surface area contributed by atoms with Gasteiger partial charge in [0.1, 0.15) is 12.6 Å². The summed E-state index contributed by atoms with van der Waals surface area (Å²) in [5.41, 5.74) is -1.27. The first-order valence-electron chi connectivity index (χ1n) is 7.40. The van der Waals surface area contributed by atoms with E-state index in [4.69, 9.17) is 9.21 Å². The fourth-order valence-corrected chi connectivity index (χ4v) is 1.93. The van der Waals surface area contributed by atoms with E-state index in [0.29, 0.717) is 0 Å². The molecule has 1 heterocycles. The molecule has 0 spiro atoms. The Kier molecular flexibility index (Phi) is 9.65. The van der Waals surface area contributed by atoms with Crippen molar-refractivity contribution in [2.45, 2.75) is 20.3 Å². The lowest BCUT2D eigenvalue weighted by molar-refractivity contribution is -0.115. The Morgan fingerprint density at radius 3 is 2.12 bits per heavy atom. The van der Waals surface area contributed by atoms with Gasteiger partial charge < -0.3 is 14.1 Å². The zero-order valence-corrected chi connectivity index (χ0v) is 14.9. The summed E-state index contributed by atoms with van der Waals surface area (Å²) in [7, 11) is 3.38. The predicted molar refractivity (Wildman–Crippen MR) is 89.4 cm³/mol. The van der Waals surface area contributed by atoms with Crippen molar-refractivity contribution in [1.82, 2.24) is 4.90 Å². The van der Waals surface area contributed by atoms with Crippen molar-refractivity contribution < 1.29 is 32.0 Å². The molecule has 5 nitrogen and oxygen atoms in total. The maximum atomic E-state index is 14.1. The van der Waals surface area contributed by atoms with E-state index in [1.807, 2.05) is 6.79 Å². The zero-order chi connectivity index (χ0) is 20.4. The molecule has 0 aliphatic rings. The lowest BCUT2D eigenvalue weighted by Gasteiger charge is -2.11. The van der Waals surface area contributed by atoms with Crippen LogP contribution in [0.3, 0.4) is 0 Å². The minimum atomic E-state index is -1.24. The molecular weight excluding hydrogens is 351 g/mol. The molecular formula is C18H20F3NO4. The minimum absolute atomic E-state index is 0.0483. The summed E-state index contributed by atoms with van der Waals surface area (Å²) in [6.07, 6.45) is 1.95. The van der Waals surface area contributed by atoms with Gasteiger partial charge in [0.15, 0.2) is 17.4 Å². The van der Waals surface area contributed by atoms with Crippen molar-refractivity contribution in [3.63, 3.8) is 0 Å². The van der Waals surface area contributed by atoms with E-state index in [9.17, 15) is 22.8 Å². The highest BCUT2D eigenvalue weighted by Gasteiger charge is 2.27. The Bertz CT molecular complexity index is 744. The second kappa shape index (κ2) is 10.9. The number of nitrogens with zero attached hydrogens (tertiary/aromatic N) is 1. The molecule has 0 unspecified atom stereocenters. The number of amides is 1. The summed E-state index contributed by atoms with van der Waals surface area (Å²) in [6.45, 7) is 4.65. The van der Waals surface area contributed by atoms with E-state index in [2.05, 4.69) is 0 Å². The van der Waals surface area contributed by atoms with Crippen LogP contribution in [0.15, 0.2) is 22.8 Å². The SMILES string of the molecule is C=O.CCc1c(F)c(F)c(C)c(C(=O)c2ccco2)c1F.CN(C)C=O. The Labute approximate surface area is 149 Å². The quantitative estimate of drug-likeness (QED) is 0.470. The number of ketones is 1. The Morgan fingerprint density at radius 2 is 1.73 bits per heavy atom. The molecule has 0 aliphatic carbocycles. The number of rotatable bonds is 4. The molecule has 1 aromatic heterocycles. The third-order valence-electron chi connectivity index (χ3n) is 3.18. The first-order valence-corrected chi connectivity index (χ1v) is 7.40. The standard InChI is InChI=1S/C14H11F3O2.C3H7NO.CH2O/c1-3-8-12(16)10(7(2)11(15)13(8)17)14(18)9-5-4-6-19-9;1-4(2)3-5;1-2/h4-6H,3H2,1-2H3;3H,1-2H3;1H2. The van der Waals surface area contributed by atoms with Gasteiger partial charge in [0.05, 0.1) is 11.8 Å². The van der Waals surface area contributed by atoms with Crippen LogP contribution in [0.2, 0.25) is 0 Å². The van der Waals surface area contributed by atoms with Gasteiger partial charge in [-0.2, -0.15) is 0 Å². The van der Waals surface area contributed by atoms with E-state index in [1.165, 1.54) is 30.2 Å². The van der Waals surface area contributed by atoms with Gasteiger partial charge in [0.25, 0.3) is 0 Å². The minimum Gasteiger partial charge on any atom is -0.461 e.